The molecule has 0 bridgehead atoms. The first-order valence-electron chi connectivity index (χ1n) is 9.50. The molecule has 7 nitrogen and oxygen atoms in total. The number of thiazole rings is 1. The Labute approximate surface area is 174 Å². The van der Waals surface area contributed by atoms with Gasteiger partial charge in [-0.15, -0.1) is 0 Å². The average Bonchev–Trinajstić information content (AvgIpc) is 3.21. The molecule has 0 N–H and O–H groups in total. The normalized spacial score (nSPS) is 15.1. The van der Waals surface area contributed by atoms with Crippen LogP contribution in [-0.2, 0) is 11.2 Å². The first-order valence-corrected chi connectivity index (χ1v) is 10.3. The second-order valence-electron chi connectivity index (χ2n) is 6.90. The number of anilines is 1. The largest absolute Gasteiger partial charge is 0.308 e. The first kappa shape index (κ1) is 18.4. The van der Waals surface area contributed by atoms with Gasteiger partial charge >= 0.3 is 0 Å². The Bertz CT molecular complexity index is 1470. The third kappa shape index (κ3) is 2.76. The highest BCUT2D eigenvalue weighted by Crippen LogP contribution is 2.34. The zero-order valence-corrected chi connectivity index (χ0v) is 16.8. The van der Waals surface area contributed by atoms with Crippen molar-refractivity contribution >= 4 is 33.5 Å². The Morgan fingerprint density at radius 3 is 2.47 bits per heavy atom. The number of likely N-dealkylation sites (N-methyl/N-ethyl adjacent to an activating group) is 1. The fraction of sp³-hybridized carbons (Fsp3) is 0.136. The van der Waals surface area contributed by atoms with Crippen LogP contribution in [0.3, 0.4) is 0 Å². The van der Waals surface area contributed by atoms with Crippen LogP contribution in [0.4, 0.5) is 5.69 Å². The van der Waals surface area contributed by atoms with Crippen molar-refractivity contribution in [3.05, 3.63) is 96.7 Å². The van der Waals surface area contributed by atoms with Crippen molar-refractivity contribution in [2.75, 3.05) is 11.4 Å². The van der Waals surface area contributed by atoms with Gasteiger partial charge in [0, 0.05) is 18.5 Å². The monoisotopic (exact) mass is 416 g/mol. The molecule has 0 saturated heterocycles. The molecule has 1 amide bonds. The summed E-state index contributed by atoms with van der Waals surface area (Å²) in [4.78, 5) is 44.6. The lowest BCUT2D eigenvalue weighted by Crippen LogP contribution is -2.33. The second-order valence-corrected chi connectivity index (χ2v) is 7.88. The highest BCUT2D eigenvalue weighted by molar-refractivity contribution is 7.15. The molecule has 1 aliphatic heterocycles. The molecule has 0 spiro atoms. The number of nitrogens with zero attached hydrogens (tertiary/aromatic N) is 4. The fourth-order valence-corrected chi connectivity index (χ4v) is 4.70. The van der Waals surface area contributed by atoms with E-state index in [0.29, 0.717) is 17.7 Å². The molecule has 148 valence electrons. The number of benzene rings is 2. The number of aromatic nitrogens is 3. The Morgan fingerprint density at radius 2 is 1.70 bits per heavy atom. The van der Waals surface area contributed by atoms with Crippen molar-refractivity contribution in [3.63, 3.8) is 0 Å². The summed E-state index contributed by atoms with van der Waals surface area (Å²) in [5.41, 5.74) is 2.01. The number of hydrogen-bond acceptors (Lipinski definition) is 6. The average molecular weight is 416 g/mol. The number of carbonyl (C=O) groups excluding carboxylic acids is 1. The Kier molecular flexibility index (Phi) is 4.29. The molecule has 2 aromatic heterocycles. The van der Waals surface area contributed by atoms with E-state index in [-0.39, 0.29) is 27.5 Å². The molecule has 4 aromatic rings. The van der Waals surface area contributed by atoms with Crippen LogP contribution in [0.15, 0.2) is 64.2 Å². The van der Waals surface area contributed by atoms with Gasteiger partial charge in [0.15, 0.2) is 0 Å². The van der Waals surface area contributed by atoms with Crippen LogP contribution in [0.5, 0.6) is 0 Å². The van der Waals surface area contributed by atoms with Crippen LogP contribution in [0, 0.1) is 0 Å². The third-order valence-electron chi connectivity index (χ3n) is 5.11. The van der Waals surface area contributed by atoms with E-state index in [0.717, 1.165) is 27.1 Å². The van der Waals surface area contributed by atoms with Gasteiger partial charge in [0.1, 0.15) is 10.2 Å². The van der Waals surface area contributed by atoms with Crippen molar-refractivity contribution in [1.82, 2.24) is 14.6 Å². The zero-order valence-electron chi connectivity index (χ0n) is 16.0. The van der Waals surface area contributed by atoms with Crippen LogP contribution < -0.4 is 20.6 Å². The molecule has 2 aromatic carbocycles. The number of rotatable bonds is 3. The molecule has 0 aliphatic carbocycles. The highest BCUT2D eigenvalue weighted by Gasteiger charge is 2.33. The predicted molar refractivity (Wildman–Crippen MR) is 115 cm³/mol. The van der Waals surface area contributed by atoms with Crippen LogP contribution in [0.2, 0.25) is 0 Å². The summed E-state index contributed by atoms with van der Waals surface area (Å²) in [5, 5.41) is 4.28. The molecule has 1 aliphatic rings. The van der Waals surface area contributed by atoms with E-state index >= 15 is 0 Å². The van der Waals surface area contributed by atoms with Crippen molar-refractivity contribution in [1.29, 1.82) is 0 Å². The molecular formula is C22H16N4O3S. The predicted octanol–water partition coefficient (Wildman–Crippen LogP) is 1.39. The zero-order chi connectivity index (χ0) is 20.8. The van der Waals surface area contributed by atoms with E-state index in [9.17, 15) is 14.4 Å². The van der Waals surface area contributed by atoms with Gasteiger partial charge in [-0.2, -0.15) is 14.6 Å². The number of fused-ring (bicyclic) bond motifs is 2. The van der Waals surface area contributed by atoms with E-state index in [1.54, 1.807) is 4.90 Å². The highest BCUT2D eigenvalue weighted by atomic mass is 32.1. The molecule has 3 heterocycles. The number of para-hydroxylation sites is 1. The molecule has 30 heavy (non-hydrogen) atoms. The summed E-state index contributed by atoms with van der Waals surface area (Å²) in [6, 6.07) is 16.8. The minimum Gasteiger partial charge on any atom is -0.308 e. The Hall–Kier alpha value is -3.65. The van der Waals surface area contributed by atoms with Crippen LogP contribution in [0.25, 0.3) is 10.5 Å². The maximum absolute atomic E-state index is 13.2. The van der Waals surface area contributed by atoms with Crippen molar-refractivity contribution < 1.29 is 4.79 Å². The molecular weight excluding hydrogens is 400 g/mol. The minimum absolute atomic E-state index is 0.185. The summed E-state index contributed by atoms with van der Waals surface area (Å²) in [6.45, 7) is 2.38. The molecule has 0 atom stereocenters. The van der Waals surface area contributed by atoms with Gasteiger partial charge in [0.05, 0.1) is 11.3 Å². The van der Waals surface area contributed by atoms with E-state index in [4.69, 9.17) is 0 Å². The molecule has 0 saturated carbocycles. The van der Waals surface area contributed by atoms with Crippen molar-refractivity contribution in [2.24, 2.45) is 0 Å². The standard InChI is InChI=1S/C22H16N4O3S/c1-2-25-16-11-7-6-10-14(16)17(20(25)28)18-21(29)26-22(30-18)23-19(27)15(24-26)12-13-8-4-3-5-9-13/h3-11H,2,12H2,1H3/b18-17+. The number of amides is 1. The fourth-order valence-electron chi connectivity index (χ4n) is 3.71. The second kappa shape index (κ2) is 7.00. The van der Waals surface area contributed by atoms with Gasteiger partial charge in [-0.1, -0.05) is 59.9 Å². The SMILES string of the molecule is CCN1C(=O)/C(=c2/sc3nc(=O)c(Cc4ccccc4)nn3c2=O)c2ccccc21. The molecule has 0 fully saturated rings. The van der Waals surface area contributed by atoms with Crippen LogP contribution in [-0.4, -0.2) is 27.0 Å². The van der Waals surface area contributed by atoms with Gasteiger partial charge in [0.25, 0.3) is 17.0 Å². The Balaban J connectivity index is 1.74. The number of carbonyl (C=O) groups is 1. The van der Waals surface area contributed by atoms with Gasteiger partial charge in [0.2, 0.25) is 4.96 Å². The lowest BCUT2D eigenvalue weighted by Gasteiger charge is -2.13. The van der Waals surface area contributed by atoms with Gasteiger partial charge in [-0.05, 0) is 18.6 Å². The summed E-state index contributed by atoms with van der Waals surface area (Å²) in [7, 11) is 0. The maximum Gasteiger partial charge on any atom is 0.296 e. The van der Waals surface area contributed by atoms with E-state index in [1.807, 2.05) is 61.5 Å². The number of hydrogen-bond donors (Lipinski definition) is 0. The summed E-state index contributed by atoms with van der Waals surface area (Å²) < 4.78 is 1.39. The van der Waals surface area contributed by atoms with Crippen molar-refractivity contribution in [3.8, 4) is 0 Å². The first-order chi connectivity index (χ1) is 14.6. The van der Waals surface area contributed by atoms with E-state index < -0.39 is 11.1 Å². The van der Waals surface area contributed by atoms with Crippen LogP contribution in [0.1, 0.15) is 23.7 Å². The molecule has 0 radical (unpaired) electrons. The van der Waals surface area contributed by atoms with Gasteiger partial charge < -0.3 is 4.90 Å². The maximum atomic E-state index is 13.2. The van der Waals surface area contributed by atoms with Crippen molar-refractivity contribution in [2.45, 2.75) is 13.3 Å². The van der Waals surface area contributed by atoms with Gasteiger partial charge in [-0.3, -0.25) is 14.4 Å². The summed E-state index contributed by atoms with van der Waals surface area (Å²) >= 11 is 1.02. The van der Waals surface area contributed by atoms with E-state index in [2.05, 4.69) is 10.1 Å². The smallest absolute Gasteiger partial charge is 0.296 e. The minimum atomic E-state index is -0.468. The molecule has 5 rings (SSSR count). The third-order valence-corrected chi connectivity index (χ3v) is 6.14. The lowest BCUT2D eigenvalue weighted by molar-refractivity contribution is -0.113. The summed E-state index contributed by atoms with van der Waals surface area (Å²) in [6.07, 6.45) is 0.280. The molecule has 0 unspecified atom stereocenters. The summed E-state index contributed by atoms with van der Waals surface area (Å²) in [5.74, 6) is -0.227. The quantitative estimate of drug-likeness (QED) is 0.504. The topological polar surface area (TPSA) is 84.6 Å². The Morgan fingerprint density at radius 1 is 0.967 bits per heavy atom. The van der Waals surface area contributed by atoms with Crippen LogP contribution >= 0.6 is 11.3 Å². The van der Waals surface area contributed by atoms with E-state index in [1.165, 1.54) is 0 Å². The lowest BCUT2D eigenvalue weighted by atomic mass is 10.1. The molecule has 8 heteroatoms. The van der Waals surface area contributed by atoms with Gasteiger partial charge in [-0.25, -0.2) is 0 Å².